The normalized spacial score (nSPS) is 28.2. The molecule has 19 heavy (non-hydrogen) atoms. The number of nitrogens with zero attached hydrogens (tertiary/aromatic N) is 2. The Labute approximate surface area is 116 Å². The molecule has 2 N–H and O–H groups in total. The molecule has 3 rings (SSSR count). The Morgan fingerprint density at radius 2 is 2.16 bits per heavy atom. The first kappa shape index (κ1) is 12.9. The Kier molecular flexibility index (Phi) is 3.74. The summed E-state index contributed by atoms with van der Waals surface area (Å²) in [6.07, 6.45) is 9.94. The number of pyridine rings is 1. The molecule has 0 spiro atoms. The largest absolute Gasteiger partial charge is 0.367 e. The molecule has 1 aliphatic heterocycles. The summed E-state index contributed by atoms with van der Waals surface area (Å²) in [6.45, 7) is 3.31. The zero-order valence-electron chi connectivity index (χ0n) is 11.9. The lowest BCUT2D eigenvalue weighted by molar-refractivity contribution is 0.342. The lowest BCUT2D eigenvalue weighted by Crippen LogP contribution is -2.34. The fourth-order valence-corrected chi connectivity index (χ4v) is 3.72. The number of hydrogen-bond donors (Lipinski definition) is 1. The molecule has 2 aliphatic rings. The molecule has 1 aromatic heterocycles. The van der Waals surface area contributed by atoms with Crippen LogP contribution in [0.1, 0.15) is 57.2 Å². The highest BCUT2D eigenvalue weighted by Gasteiger charge is 2.35. The molecule has 2 heterocycles. The average molecular weight is 259 g/mol. The van der Waals surface area contributed by atoms with E-state index in [9.17, 15) is 0 Å². The van der Waals surface area contributed by atoms with Crippen LogP contribution >= 0.6 is 0 Å². The third kappa shape index (κ3) is 2.48. The Bertz CT molecular complexity index is 415. The van der Waals surface area contributed by atoms with E-state index in [1.807, 2.05) is 6.20 Å². The molecule has 3 nitrogen and oxygen atoms in total. The average Bonchev–Trinajstić information content (AvgIpc) is 2.90. The SMILES string of the molecule is CC[C@H](N)c1ccc(N2CCC3CCCCC32)cn1. The first-order chi connectivity index (χ1) is 9.29. The molecule has 1 saturated heterocycles. The molecule has 104 valence electrons. The van der Waals surface area contributed by atoms with Gasteiger partial charge in [-0.3, -0.25) is 4.98 Å². The molecule has 3 atom stereocenters. The van der Waals surface area contributed by atoms with Crippen LogP contribution in [-0.4, -0.2) is 17.6 Å². The van der Waals surface area contributed by atoms with Crippen molar-refractivity contribution in [1.82, 2.24) is 4.98 Å². The van der Waals surface area contributed by atoms with E-state index in [0.717, 1.165) is 24.1 Å². The second-order valence-electron chi connectivity index (χ2n) is 6.05. The quantitative estimate of drug-likeness (QED) is 0.906. The van der Waals surface area contributed by atoms with E-state index >= 15 is 0 Å². The number of aromatic nitrogens is 1. The summed E-state index contributed by atoms with van der Waals surface area (Å²) >= 11 is 0. The summed E-state index contributed by atoms with van der Waals surface area (Å²) in [5.74, 6) is 0.923. The van der Waals surface area contributed by atoms with Gasteiger partial charge in [-0.05, 0) is 43.7 Å². The van der Waals surface area contributed by atoms with Crippen molar-refractivity contribution in [3.8, 4) is 0 Å². The predicted octanol–water partition coefficient (Wildman–Crippen LogP) is 3.26. The van der Waals surface area contributed by atoms with E-state index in [1.54, 1.807) is 0 Å². The maximum atomic E-state index is 6.03. The zero-order valence-corrected chi connectivity index (χ0v) is 11.9. The second kappa shape index (κ2) is 5.49. The van der Waals surface area contributed by atoms with Crippen molar-refractivity contribution < 1.29 is 0 Å². The highest BCUT2D eigenvalue weighted by atomic mass is 15.2. The van der Waals surface area contributed by atoms with Gasteiger partial charge < -0.3 is 10.6 Å². The summed E-state index contributed by atoms with van der Waals surface area (Å²) < 4.78 is 0. The number of fused-ring (bicyclic) bond motifs is 1. The highest BCUT2D eigenvalue weighted by molar-refractivity contribution is 5.47. The van der Waals surface area contributed by atoms with Crippen LogP contribution in [0.25, 0.3) is 0 Å². The van der Waals surface area contributed by atoms with Gasteiger partial charge in [0.15, 0.2) is 0 Å². The van der Waals surface area contributed by atoms with Crippen LogP contribution in [0.15, 0.2) is 18.3 Å². The van der Waals surface area contributed by atoms with E-state index in [1.165, 1.54) is 44.3 Å². The number of hydrogen-bond acceptors (Lipinski definition) is 3. The van der Waals surface area contributed by atoms with Crippen molar-refractivity contribution in [1.29, 1.82) is 0 Å². The Hall–Kier alpha value is -1.09. The Morgan fingerprint density at radius 1 is 1.32 bits per heavy atom. The maximum absolute atomic E-state index is 6.03. The Balaban J connectivity index is 1.75. The third-order valence-corrected chi connectivity index (χ3v) is 4.93. The molecular weight excluding hydrogens is 234 g/mol. The van der Waals surface area contributed by atoms with Gasteiger partial charge in [0.1, 0.15) is 0 Å². The van der Waals surface area contributed by atoms with Gasteiger partial charge in [-0.15, -0.1) is 0 Å². The maximum Gasteiger partial charge on any atom is 0.0572 e. The van der Waals surface area contributed by atoms with Gasteiger partial charge in [-0.2, -0.15) is 0 Å². The fourth-order valence-electron chi connectivity index (χ4n) is 3.72. The van der Waals surface area contributed by atoms with Crippen molar-refractivity contribution in [2.45, 2.75) is 57.5 Å². The van der Waals surface area contributed by atoms with Crippen LogP contribution in [0, 0.1) is 5.92 Å². The summed E-state index contributed by atoms with van der Waals surface area (Å²) in [5, 5.41) is 0. The lowest BCUT2D eigenvalue weighted by atomic mass is 9.85. The molecule has 0 radical (unpaired) electrons. The standard InChI is InChI=1S/C16H25N3/c1-2-14(17)15-8-7-13(11-18-15)19-10-9-12-5-3-4-6-16(12)19/h7-8,11-12,14,16H,2-6,9-10,17H2,1H3/t12?,14-,16?/m0/s1. The van der Waals surface area contributed by atoms with Crippen molar-refractivity contribution in [3.63, 3.8) is 0 Å². The molecular formula is C16H25N3. The van der Waals surface area contributed by atoms with E-state index in [0.29, 0.717) is 0 Å². The summed E-state index contributed by atoms with van der Waals surface area (Å²) in [7, 11) is 0. The highest BCUT2D eigenvalue weighted by Crippen LogP contribution is 2.38. The lowest BCUT2D eigenvalue weighted by Gasteiger charge is -2.33. The van der Waals surface area contributed by atoms with Gasteiger partial charge in [0.05, 0.1) is 17.6 Å². The molecule has 3 heteroatoms. The second-order valence-corrected chi connectivity index (χ2v) is 6.05. The van der Waals surface area contributed by atoms with Crippen LogP contribution in [0.2, 0.25) is 0 Å². The molecule has 2 unspecified atom stereocenters. The Morgan fingerprint density at radius 3 is 2.89 bits per heavy atom. The molecule has 0 bridgehead atoms. The van der Waals surface area contributed by atoms with Gasteiger partial charge in [0.2, 0.25) is 0 Å². The van der Waals surface area contributed by atoms with Crippen molar-refractivity contribution in [2.24, 2.45) is 11.7 Å². The van der Waals surface area contributed by atoms with Crippen LogP contribution in [-0.2, 0) is 0 Å². The van der Waals surface area contributed by atoms with E-state index < -0.39 is 0 Å². The fraction of sp³-hybridized carbons (Fsp3) is 0.688. The van der Waals surface area contributed by atoms with Crippen molar-refractivity contribution in [2.75, 3.05) is 11.4 Å². The van der Waals surface area contributed by atoms with Crippen molar-refractivity contribution >= 4 is 5.69 Å². The molecule has 0 amide bonds. The van der Waals surface area contributed by atoms with Crippen LogP contribution in [0.3, 0.4) is 0 Å². The van der Waals surface area contributed by atoms with Crippen LogP contribution in [0.5, 0.6) is 0 Å². The van der Waals surface area contributed by atoms with Gasteiger partial charge in [-0.25, -0.2) is 0 Å². The minimum absolute atomic E-state index is 0.0788. The van der Waals surface area contributed by atoms with Gasteiger partial charge in [0.25, 0.3) is 0 Å². The molecule has 0 aromatic carbocycles. The molecule has 2 fully saturated rings. The minimum atomic E-state index is 0.0788. The zero-order chi connectivity index (χ0) is 13.2. The minimum Gasteiger partial charge on any atom is -0.367 e. The van der Waals surface area contributed by atoms with Crippen LogP contribution in [0.4, 0.5) is 5.69 Å². The first-order valence-corrected chi connectivity index (χ1v) is 7.77. The monoisotopic (exact) mass is 259 g/mol. The first-order valence-electron chi connectivity index (χ1n) is 7.77. The van der Waals surface area contributed by atoms with Crippen molar-refractivity contribution in [3.05, 3.63) is 24.0 Å². The summed E-state index contributed by atoms with van der Waals surface area (Å²) in [5.41, 5.74) is 8.34. The van der Waals surface area contributed by atoms with E-state index in [2.05, 4.69) is 28.9 Å². The summed E-state index contributed by atoms with van der Waals surface area (Å²) in [4.78, 5) is 7.15. The van der Waals surface area contributed by atoms with Gasteiger partial charge in [0, 0.05) is 18.6 Å². The van der Waals surface area contributed by atoms with E-state index in [4.69, 9.17) is 5.73 Å². The van der Waals surface area contributed by atoms with Gasteiger partial charge in [-0.1, -0.05) is 19.8 Å². The topological polar surface area (TPSA) is 42.1 Å². The number of rotatable bonds is 3. The molecule has 1 aliphatic carbocycles. The molecule has 1 aromatic rings. The van der Waals surface area contributed by atoms with Gasteiger partial charge >= 0.3 is 0 Å². The number of anilines is 1. The third-order valence-electron chi connectivity index (χ3n) is 4.93. The number of nitrogens with two attached hydrogens (primary N) is 1. The summed E-state index contributed by atoms with van der Waals surface area (Å²) in [6, 6.07) is 5.17. The van der Waals surface area contributed by atoms with Crippen LogP contribution < -0.4 is 10.6 Å². The predicted molar refractivity (Wildman–Crippen MR) is 79.2 cm³/mol. The smallest absolute Gasteiger partial charge is 0.0572 e. The molecule has 1 saturated carbocycles. The van der Waals surface area contributed by atoms with E-state index in [-0.39, 0.29) is 6.04 Å².